The number of hydrogen-bond donors (Lipinski definition) is 2. The molecule has 0 spiro atoms. The van der Waals surface area contributed by atoms with Crippen molar-refractivity contribution >= 4 is 5.91 Å². The van der Waals surface area contributed by atoms with Crippen LogP contribution >= 0.6 is 0 Å². The van der Waals surface area contributed by atoms with E-state index in [0.29, 0.717) is 24.4 Å². The van der Waals surface area contributed by atoms with Gasteiger partial charge in [-0.2, -0.15) is 0 Å². The van der Waals surface area contributed by atoms with Crippen LogP contribution < -0.4 is 5.32 Å². The zero-order valence-corrected chi connectivity index (χ0v) is 14.7. The summed E-state index contributed by atoms with van der Waals surface area (Å²) in [6.07, 6.45) is 3.98. The van der Waals surface area contributed by atoms with Crippen molar-refractivity contribution in [2.75, 3.05) is 6.61 Å². The fourth-order valence-electron chi connectivity index (χ4n) is 3.51. The molecule has 1 heterocycles. The molecule has 1 amide bonds. The van der Waals surface area contributed by atoms with E-state index >= 15 is 0 Å². The first-order valence-corrected chi connectivity index (χ1v) is 9.20. The molecule has 0 atom stereocenters. The molecule has 4 rings (SSSR count). The normalized spacial score (nSPS) is 22.0. The maximum Gasteiger partial charge on any atom is 0.246 e. The molecule has 1 aromatic carbocycles. The van der Waals surface area contributed by atoms with Gasteiger partial charge in [0.15, 0.2) is 5.82 Å². The van der Waals surface area contributed by atoms with Crippen molar-refractivity contribution in [1.29, 1.82) is 0 Å². The number of ether oxygens (including phenoxy) is 1. The summed E-state index contributed by atoms with van der Waals surface area (Å²) in [5, 5.41) is 20.8. The van der Waals surface area contributed by atoms with Crippen LogP contribution in [-0.4, -0.2) is 38.4 Å². The topological polar surface area (TPSA) is 89.3 Å². The van der Waals surface area contributed by atoms with Gasteiger partial charge in [-0.15, -0.1) is 10.2 Å². The Morgan fingerprint density at radius 1 is 1.23 bits per heavy atom. The van der Waals surface area contributed by atoms with Crippen LogP contribution in [0.1, 0.15) is 54.9 Å². The second kappa shape index (κ2) is 7.55. The Bertz CT molecular complexity index is 751. The van der Waals surface area contributed by atoms with Gasteiger partial charge in [-0.05, 0) is 31.2 Å². The summed E-state index contributed by atoms with van der Waals surface area (Å²) < 4.78 is 7.58. The lowest BCUT2D eigenvalue weighted by atomic mass is 9.79. The average Bonchev–Trinajstić information content (AvgIpc) is 3.38. The second-order valence-corrected chi connectivity index (χ2v) is 7.14. The van der Waals surface area contributed by atoms with Gasteiger partial charge in [0.05, 0.1) is 6.61 Å². The van der Waals surface area contributed by atoms with Crippen molar-refractivity contribution in [3.63, 3.8) is 0 Å². The number of aliphatic hydroxyl groups excluding tert-OH is 1. The van der Waals surface area contributed by atoms with Gasteiger partial charge in [0.25, 0.3) is 0 Å². The number of rotatable bonds is 8. The number of hydrogen-bond acceptors (Lipinski definition) is 5. The van der Waals surface area contributed by atoms with E-state index in [0.717, 1.165) is 37.1 Å². The highest BCUT2D eigenvalue weighted by atomic mass is 16.5. The molecular formula is C19H24N4O3. The van der Waals surface area contributed by atoms with Gasteiger partial charge < -0.3 is 19.7 Å². The molecule has 2 saturated carbocycles. The molecule has 7 heteroatoms. The van der Waals surface area contributed by atoms with Crippen molar-refractivity contribution in [3.05, 3.63) is 47.5 Å². The number of carbonyl (C=O) groups excluding carboxylic acids is 1. The third-order valence-electron chi connectivity index (χ3n) is 5.06. The smallest absolute Gasteiger partial charge is 0.246 e. The van der Waals surface area contributed by atoms with Crippen molar-refractivity contribution in [1.82, 2.24) is 20.1 Å². The lowest BCUT2D eigenvalue weighted by molar-refractivity contribution is -0.127. The third-order valence-corrected chi connectivity index (χ3v) is 5.06. The summed E-state index contributed by atoms with van der Waals surface area (Å²) >= 11 is 0. The third kappa shape index (κ3) is 3.78. The van der Waals surface area contributed by atoms with Crippen molar-refractivity contribution < 1.29 is 14.6 Å². The van der Waals surface area contributed by atoms with E-state index in [1.807, 2.05) is 30.3 Å². The molecule has 0 saturated heterocycles. The molecule has 26 heavy (non-hydrogen) atoms. The molecule has 0 unspecified atom stereocenters. The molecule has 2 aliphatic carbocycles. The average molecular weight is 356 g/mol. The Labute approximate surface area is 152 Å². The maximum absolute atomic E-state index is 12.0. The molecule has 1 aromatic heterocycles. The predicted octanol–water partition coefficient (Wildman–Crippen LogP) is 1.68. The molecule has 2 fully saturated rings. The van der Waals surface area contributed by atoms with Gasteiger partial charge in [0.1, 0.15) is 19.0 Å². The van der Waals surface area contributed by atoms with Gasteiger partial charge in [-0.1, -0.05) is 30.3 Å². The SMILES string of the molecule is O=C(COCc1ccccc1)NC1CC(c2nnc(CO)n2C2CC2)C1. The molecule has 2 aliphatic rings. The van der Waals surface area contributed by atoms with E-state index in [4.69, 9.17) is 4.74 Å². The van der Waals surface area contributed by atoms with Crippen LogP contribution in [0.2, 0.25) is 0 Å². The minimum atomic E-state index is -0.0795. The molecular weight excluding hydrogens is 332 g/mol. The summed E-state index contributed by atoms with van der Waals surface area (Å²) in [4.78, 5) is 12.0. The number of nitrogens with zero attached hydrogens (tertiary/aromatic N) is 3. The first-order chi connectivity index (χ1) is 12.7. The number of carbonyl (C=O) groups is 1. The van der Waals surface area contributed by atoms with Crippen LogP contribution in [0.4, 0.5) is 0 Å². The Balaban J connectivity index is 1.22. The number of benzene rings is 1. The van der Waals surface area contributed by atoms with E-state index in [-0.39, 0.29) is 25.2 Å². The van der Waals surface area contributed by atoms with E-state index in [1.165, 1.54) is 0 Å². The largest absolute Gasteiger partial charge is 0.388 e. The molecule has 7 nitrogen and oxygen atoms in total. The van der Waals surface area contributed by atoms with E-state index in [1.54, 1.807) is 0 Å². The van der Waals surface area contributed by atoms with E-state index in [2.05, 4.69) is 20.1 Å². The van der Waals surface area contributed by atoms with Gasteiger partial charge in [-0.3, -0.25) is 4.79 Å². The van der Waals surface area contributed by atoms with Gasteiger partial charge in [-0.25, -0.2) is 0 Å². The molecule has 138 valence electrons. The fraction of sp³-hybridized carbons (Fsp3) is 0.526. The van der Waals surface area contributed by atoms with Crippen molar-refractivity contribution in [2.24, 2.45) is 0 Å². The highest BCUT2D eigenvalue weighted by molar-refractivity contribution is 5.77. The summed E-state index contributed by atoms with van der Waals surface area (Å²) in [7, 11) is 0. The number of nitrogens with one attached hydrogen (secondary N) is 1. The van der Waals surface area contributed by atoms with Crippen molar-refractivity contribution in [3.8, 4) is 0 Å². The number of aromatic nitrogens is 3. The highest BCUT2D eigenvalue weighted by Gasteiger charge is 2.38. The summed E-state index contributed by atoms with van der Waals surface area (Å²) in [5.74, 6) is 1.84. The molecule has 2 aromatic rings. The number of amides is 1. The van der Waals surface area contributed by atoms with E-state index < -0.39 is 0 Å². The maximum atomic E-state index is 12.0. The summed E-state index contributed by atoms with van der Waals surface area (Å²) in [5.41, 5.74) is 1.06. The van der Waals surface area contributed by atoms with Gasteiger partial charge in [0.2, 0.25) is 5.91 Å². The van der Waals surface area contributed by atoms with Crippen LogP contribution in [0.25, 0.3) is 0 Å². The van der Waals surface area contributed by atoms with Crippen LogP contribution in [0.3, 0.4) is 0 Å². The monoisotopic (exact) mass is 356 g/mol. The number of aliphatic hydroxyl groups is 1. The zero-order chi connectivity index (χ0) is 17.9. The Hall–Kier alpha value is -2.25. The van der Waals surface area contributed by atoms with Crippen LogP contribution in [-0.2, 0) is 22.7 Å². The first-order valence-electron chi connectivity index (χ1n) is 9.20. The molecule has 0 radical (unpaired) electrons. The summed E-state index contributed by atoms with van der Waals surface area (Å²) in [6.45, 7) is 0.439. The zero-order valence-electron chi connectivity index (χ0n) is 14.7. The van der Waals surface area contributed by atoms with Crippen LogP contribution in [0.15, 0.2) is 30.3 Å². The van der Waals surface area contributed by atoms with Crippen LogP contribution in [0, 0.1) is 0 Å². The first kappa shape index (κ1) is 17.2. The minimum Gasteiger partial charge on any atom is -0.388 e. The lowest BCUT2D eigenvalue weighted by Crippen LogP contribution is -2.45. The molecule has 2 N–H and O–H groups in total. The highest BCUT2D eigenvalue weighted by Crippen LogP contribution is 2.42. The Morgan fingerprint density at radius 3 is 2.69 bits per heavy atom. The lowest BCUT2D eigenvalue weighted by Gasteiger charge is -2.35. The second-order valence-electron chi connectivity index (χ2n) is 7.14. The van der Waals surface area contributed by atoms with Crippen LogP contribution in [0.5, 0.6) is 0 Å². The summed E-state index contributed by atoms with van der Waals surface area (Å²) in [6, 6.07) is 10.4. The standard InChI is InChI=1S/C19H24N4O3/c24-10-17-21-22-19(23(17)16-6-7-16)14-8-15(9-14)20-18(25)12-26-11-13-4-2-1-3-5-13/h1-5,14-16,24H,6-12H2,(H,20,25). The Kier molecular flexibility index (Phi) is 4.99. The molecule has 0 aliphatic heterocycles. The Morgan fingerprint density at radius 2 is 2.00 bits per heavy atom. The van der Waals surface area contributed by atoms with Crippen molar-refractivity contribution in [2.45, 2.75) is 56.9 Å². The van der Waals surface area contributed by atoms with Gasteiger partial charge >= 0.3 is 0 Å². The fourth-order valence-corrected chi connectivity index (χ4v) is 3.51. The molecule has 0 bridgehead atoms. The predicted molar refractivity (Wildman–Crippen MR) is 94.2 cm³/mol. The van der Waals surface area contributed by atoms with E-state index in [9.17, 15) is 9.90 Å². The quantitative estimate of drug-likeness (QED) is 0.751. The van der Waals surface area contributed by atoms with Gasteiger partial charge in [0, 0.05) is 18.0 Å². The minimum absolute atomic E-state index is 0.0724.